The molecule has 3 aromatic rings. The molecule has 4 rings (SSSR count). The minimum atomic E-state index is -5.66. The minimum absolute atomic E-state index is 0.0232. The van der Waals surface area contributed by atoms with Crippen molar-refractivity contribution in [2.75, 3.05) is 5.32 Å². The molecule has 1 fully saturated rings. The van der Waals surface area contributed by atoms with E-state index in [9.17, 15) is 30.7 Å². The second-order valence-corrected chi connectivity index (χ2v) is 8.94. The molecule has 1 aliphatic carbocycles. The van der Waals surface area contributed by atoms with Crippen molar-refractivity contribution < 1.29 is 30.7 Å². The summed E-state index contributed by atoms with van der Waals surface area (Å²) in [4.78, 5) is 12.3. The number of aromatic nitrogens is 4. The molecule has 0 spiro atoms. The predicted molar refractivity (Wildman–Crippen MR) is 119 cm³/mol. The molecule has 1 atom stereocenters. The summed E-state index contributed by atoms with van der Waals surface area (Å²) in [7, 11) is 0. The number of rotatable bonds is 6. The van der Waals surface area contributed by atoms with Crippen LogP contribution < -0.4 is 5.32 Å². The van der Waals surface area contributed by atoms with E-state index in [-0.39, 0.29) is 33.5 Å². The number of anilines is 1. The molecule has 1 saturated carbocycles. The Morgan fingerprint density at radius 3 is 2.17 bits per heavy atom. The summed E-state index contributed by atoms with van der Waals surface area (Å²) in [5.74, 6) is -0.182. The zero-order valence-corrected chi connectivity index (χ0v) is 19.2. The summed E-state index contributed by atoms with van der Waals surface area (Å²) < 4.78 is 95.4. The molecular formula is C24H24F7N5. The van der Waals surface area contributed by atoms with Gasteiger partial charge in [-0.1, -0.05) is 19.3 Å². The highest BCUT2D eigenvalue weighted by molar-refractivity contribution is 5.77. The first kappa shape index (κ1) is 25.9. The van der Waals surface area contributed by atoms with E-state index in [0.29, 0.717) is 12.2 Å². The van der Waals surface area contributed by atoms with Gasteiger partial charge in [0.15, 0.2) is 0 Å². The summed E-state index contributed by atoms with van der Waals surface area (Å²) in [6, 6.07) is 1.87. The fourth-order valence-electron chi connectivity index (χ4n) is 4.65. The van der Waals surface area contributed by atoms with Gasteiger partial charge in [-0.2, -0.15) is 26.3 Å². The van der Waals surface area contributed by atoms with Gasteiger partial charge in [0, 0.05) is 17.8 Å². The topological polar surface area (TPSA) is 55.6 Å². The van der Waals surface area contributed by atoms with Crippen LogP contribution in [0.5, 0.6) is 0 Å². The standard InChI is InChI=1S/C24H24F7N5/c1-14(15-5-3-2-4-6-15)34-22-32-12-11-18(35-22)20-19(16-7-9-17(25)10-8-16)33-13-36(20)21(23(26,27)28)24(29,30)31/h7-15,21H,2-6H2,1H3,(H,32,34,35)/t14-/m1/s1. The normalized spacial score (nSPS) is 16.4. The first-order valence-corrected chi connectivity index (χ1v) is 11.5. The van der Waals surface area contributed by atoms with Crippen LogP contribution in [-0.2, 0) is 0 Å². The zero-order chi connectivity index (χ0) is 26.1. The highest BCUT2D eigenvalue weighted by Gasteiger charge is 2.58. The molecule has 5 nitrogen and oxygen atoms in total. The van der Waals surface area contributed by atoms with Gasteiger partial charge in [-0.05, 0) is 56.0 Å². The molecule has 0 saturated heterocycles. The van der Waals surface area contributed by atoms with Gasteiger partial charge >= 0.3 is 12.4 Å². The molecule has 194 valence electrons. The number of benzene rings is 1. The lowest BCUT2D eigenvalue weighted by molar-refractivity contribution is -0.273. The molecular weight excluding hydrogens is 491 g/mol. The van der Waals surface area contributed by atoms with Crippen LogP contribution in [0, 0.1) is 11.7 Å². The van der Waals surface area contributed by atoms with Gasteiger partial charge in [-0.3, -0.25) is 0 Å². The zero-order valence-electron chi connectivity index (χ0n) is 19.2. The Labute approximate surface area is 202 Å². The van der Waals surface area contributed by atoms with Gasteiger partial charge in [0.2, 0.25) is 12.0 Å². The molecule has 2 aromatic heterocycles. The SMILES string of the molecule is C[C@@H](Nc1nccc(-c2c(-c3ccc(F)cc3)ncn2C(C(F)(F)F)C(F)(F)F)n1)C1CCCCC1. The summed E-state index contributed by atoms with van der Waals surface area (Å²) in [6.45, 7) is 1.95. The summed E-state index contributed by atoms with van der Waals surface area (Å²) in [6.07, 6.45) is -4.20. The molecule has 1 aliphatic rings. The fourth-order valence-corrected chi connectivity index (χ4v) is 4.65. The van der Waals surface area contributed by atoms with E-state index in [2.05, 4.69) is 20.3 Å². The Hall–Kier alpha value is -3.18. The van der Waals surface area contributed by atoms with Crippen LogP contribution in [0.2, 0.25) is 0 Å². The van der Waals surface area contributed by atoms with E-state index >= 15 is 0 Å². The Kier molecular flexibility index (Phi) is 7.24. The maximum absolute atomic E-state index is 13.7. The van der Waals surface area contributed by atoms with Crippen LogP contribution in [0.4, 0.5) is 36.7 Å². The average Bonchev–Trinajstić information content (AvgIpc) is 3.22. The summed E-state index contributed by atoms with van der Waals surface area (Å²) in [5.41, 5.74) is -0.744. The van der Waals surface area contributed by atoms with Gasteiger partial charge in [-0.15, -0.1) is 0 Å². The second-order valence-electron chi connectivity index (χ2n) is 8.94. The monoisotopic (exact) mass is 515 g/mol. The third-order valence-electron chi connectivity index (χ3n) is 6.42. The van der Waals surface area contributed by atoms with E-state index in [4.69, 9.17) is 0 Å². The van der Waals surface area contributed by atoms with Gasteiger partial charge < -0.3 is 9.88 Å². The molecule has 12 heteroatoms. The number of nitrogens with one attached hydrogen (secondary N) is 1. The Morgan fingerprint density at radius 1 is 0.917 bits per heavy atom. The van der Waals surface area contributed by atoms with Crippen molar-refractivity contribution in [1.82, 2.24) is 19.5 Å². The third kappa shape index (κ3) is 5.62. The predicted octanol–water partition coefficient (Wildman–Crippen LogP) is 7.19. The van der Waals surface area contributed by atoms with Crippen LogP contribution in [-0.4, -0.2) is 37.9 Å². The van der Waals surface area contributed by atoms with Crippen molar-refractivity contribution in [2.45, 2.75) is 63.5 Å². The van der Waals surface area contributed by atoms with Gasteiger partial charge in [0.1, 0.15) is 5.82 Å². The van der Waals surface area contributed by atoms with Crippen LogP contribution in [0.25, 0.3) is 22.6 Å². The highest BCUT2D eigenvalue weighted by atomic mass is 19.4. The number of hydrogen-bond acceptors (Lipinski definition) is 4. The summed E-state index contributed by atoms with van der Waals surface area (Å²) in [5, 5.41) is 3.14. The molecule has 1 aromatic carbocycles. The molecule has 2 heterocycles. The smallest absolute Gasteiger partial charge is 0.351 e. The van der Waals surface area contributed by atoms with Crippen molar-refractivity contribution in [2.24, 2.45) is 5.92 Å². The lowest BCUT2D eigenvalue weighted by Gasteiger charge is -2.28. The minimum Gasteiger partial charge on any atom is -0.351 e. The van der Waals surface area contributed by atoms with Crippen LogP contribution in [0.3, 0.4) is 0 Å². The lowest BCUT2D eigenvalue weighted by Crippen LogP contribution is -2.38. The van der Waals surface area contributed by atoms with E-state index in [0.717, 1.165) is 44.2 Å². The largest absolute Gasteiger partial charge is 0.418 e. The molecule has 0 unspecified atom stereocenters. The number of imidazole rings is 1. The third-order valence-corrected chi connectivity index (χ3v) is 6.42. The second kappa shape index (κ2) is 10.1. The van der Waals surface area contributed by atoms with E-state index in [1.54, 1.807) is 0 Å². The molecule has 0 radical (unpaired) electrons. The number of hydrogen-bond donors (Lipinski definition) is 1. The Morgan fingerprint density at radius 2 is 1.56 bits per heavy atom. The number of halogens is 7. The highest BCUT2D eigenvalue weighted by Crippen LogP contribution is 2.46. The Balaban J connectivity index is 1.80. The van der Waals surface area contributed by atoms with E-state index in [1.807, 2.05) is 6.92 Å². The van der Waals surface area contributed by atoms with Gasteiger partial charge in [-0.25, -0.2) is 19.3 Å². The van der Waals surface area contributed by atoms with Crippen molar-refractivity contribution in [3.05, 3.63) is 48.7 Å². The van der Waals surface area contributed by atoms with Crippen LogP contribution in [0.1, 0.15) is 45.1 Å². The maximum atomic E-state index is 13.7. The van der Waals surface area contributed by atoms with Crippen molar-refractivity contribution in [1.29, 1.82) is 0 Å². The molecule has 1 N–H and O–H groups in total. The van der Waals surface area contributed by atoms with E-state index in [1.165, 1.54) is 24.4 Å². The first-order chi connectivity index (χ1) is 16.9. The fraction of sp³-hybridized carbons (Fsp3) is 0.458. The van der Waals surface area contributed by atoms with Crippen molar-refractivity contribution >= 4 is 5.95 Å². The van der Waals surface area contributed by atoms with Crippen LogP contribution >= 0.6 is 0 Å². The van der Waals surface area contributed by atoms with E-state index < -0.39 is 29.9 Å². The Bertz CT molecular complexity index is 1150. The first-order valence-electron chi connectivity index (χ1n) is 11.5. The van der Waals surface area contributed by atoms with Crippen LogP contribution in [0.15, 0.2) is 42.9 Å². The molecule has 0 aliphatic heterocycles. The molecule has 0 amide bonds. The number of alkyl halides is 6. The average molecular weight is 515 g/mol. The molecule has 36 heavy (non-hydrogen) atoms. The maximum Gasteiger partial charge on any atom is 0.418 e. The van der Waals surface area contributed by atoms with Gasteiger partial charge in [0.05, 0.1) is 23.4 Å². The summed E-state index contributed by atoms with van der Waals surface area (Å²) >= 11 is 0. The quantitative estimate of drug-likeness (QED) is 0.353. The molecule has 0 bridgehead atoms. The van der Waals surface area contributed by atoms with Gasteiger partial charge in [0.25, 0.3) is 0 Å². The van der Waals surface area contributed by atoms with Crippen molar-refractivity contribution in [3.8, 4) is 22.6 Å². The van der Waals surface area contributed by atoms with Crippen molar-refractivity contribution in [3.63, 3.8) is 0 Å². The lowest BCUT2D eigenvalue weighted by atomic mass is 9.85. The number of nitrogens with zero attached hydrogens (tertiary/aromatic N) is 4.